The number of thiazole rings is 1. The summed E-state index contributed by atoms with van der Waals surface area (Å²) in [5, 5.41) is 6.06. The molecule has 0 bridgehead atoms. The lowest BCUT2D eigenvalue weighted by molar-refractivity contribution is 1.27. The highest BCUT2D eigenvalue weighted by Gasteiger charge is 2.05. The normalized spacial score (nSPS) is 10.0. The van der Waals surface area contributed by atoms with E-state index in [1.54, 1.807) is 17.5 Å². The molecule has 1 heterocycles. The van der Waals surface area contributed by atoms with Gasteiger partial charge in [0.25, 0.3) is 0 Å². The molecule has 2 rings (SSSR count). The summed E-state index contributed by atoms with van der Waals surface area (Å²) in [7, 11) is 0. The molecule has 2 aromatic rings. The van der Waals surface area contributed by atoms with Crippen LogP contribution < -0.4 is 11.1 Å². The first-order valence-corrected chi connectivity index (χ1v) is 5.84. The maximum Gasteiger partial charge on any atom is 0.187 e. The van der Waals surface area contributed by atoms with Crippen molar-refractivity contribution < 1.29 is 0 Å². The first kappa shape index (κ1) is 10.7. The zero-order valence-electron chi connectivity index (χ0n) is 8.81. The summed E-state index contributed by atoms with van der Waals surface area (Å²) in [6.07, 6.45) is 4.37. The van der Waals surface area contributed by atoms with E-state index in [-0.39, 0.29) is 0 Å². The van der Waals surface area contributed by atoms with Crippen LogP contribution >= 0.6 is 11.3 Å². The molecule has 0 atom stereocenters. The molecule has 0 aliphatic rings. The third-order valence-electron chi connectivity index (χ3n) is 2.23. The van der Waals surface area contributed by atoms with Gasteiger partial charge in [0.1, 0.15) is 0 Å². The van der Waals surface area contributed by atoms with Crippen molar-refractivity contribution in [1.82, 2.24) is 4.98 Å². The number of benzene rings is 1. The van der Waals surface area contributed by atoms with Gasteiger partial charge in [0.2, 0.25) is 0 Å². The molecule has 0 unspecified atom stereocenters. The molecule has 4 heteroatoms. The zero-order chi connectivity index (χ0) is 11.4. The Balaban J connectivity index is 2.32. The Morgan fingerprint density at radius 1 is 1.50 bits per heavy atom. The van der Waals surface area contributed by atoms with Gasteiger partial charge < -0.3 is 11.1 Å². The molecule has 0 aliphatic heterocycles. The predicted molar refractivity (Wildman–Crippen MR) is 70.2 cm³/mol. The summed E-state index contributed by atoms with van der Waals surface area (Å²) >= 11 is 1.56. The van der Waals surface area contributed by atoms with Crippen molar-refractivity contribution in [2.75, 3.05) is 11.1 Å². The van der Waals surface area contributed by atoms with E-state index >= 15 is 0 Å². The standard InChI is InChI=1S/C12H13N3S/c1-2-4-9-10(13)5-3-6-11(9)15-12-14-7-8-16-12/h2-3,5-8H,1,4,13H2,(H,14,15). The molecule has 16 heavy (non-hydrogen) atoms. The van der Waals surface area contributed by atoms with Gasteiger partial charge in [-0.15, -0.1) is 17.9 Å². The van der Waals surface area contributed by atoms with E-state index in [1.807, 2.05) is 29.7 Å². The average Bonchev–Trinajstić information content (AvgIpc) is 2.76. The smallest absolute Gasteiger partial charge is 0.187 e. The lowest BCUT2D eigenvalue weighted by atomic mass is 10.1. The van der Waals surface area contributed by atoms with Gasteiger partial charge in [-0.25, -0.2) is 4.98 Å². The Kier molecular flexibility index (Phi) is 3.22. The van der Waals surface area contributed by atoms with Crippen LogP contribution in [0.3, 0.4) is 0 Å². The summed E-state index contributed by atoms with van der Waals surface area (Å²) in [6, 6.07) is 5.82. The van der Waals surface area contributed by atoms with Crippen LogP contribution in [0.25, 0.3) is 0 Å². The van der Waals surface area contributed by atoms with E-state index in [1.165, 1.54) is 0 Å². The minimum Gasteiger partial charge on any atom is -0.398 e. The van der Waals surface area contributed by atoms with E-state index in [9.17, 15) is 0 Å². The summed E-state index contributed by atoms with van der Waals surface area (Å²) in [5.41, 5.74) is 8.77. The Morgan fingerprint density at radius 2 is 2.38 bits per heavy atom. The SMILES string of the molecule is C=CCc1c(N)cccc1Nc1nccs1. The van der Waals surface area contributed by atoms with E-state index in [2.05, 4.69) is 16.9 Å². The Morgan fingerprint density at radius 3 is 3.06 bits per heavy atom. The Bertz CT molecular complexity index is 477. The fraction of sp³-hybridized carbons (Fsp3) is 0.0833. The first-order valence-electron chi connectivity index (χ1n) is 4.96. The largest absolute Gasteiger partial charge is 0.398 e. The van der Waals surface area contributed by atoms with Gasteiger partial charge >= 0.3 is 0 Å². The number of anilines is 3. The minimum atomic E-state index is 0.750. The van der Waals surface area contributed by atoms with Crippen LogP contribution in [-0.4, -0.2) is 4.98 Å². The van der Waals surface area contributed by atoms with Crippen LogP contribution in [0.1, 0.15) is 5.56 Å². The molecule has 0 saturated heterocycles. The number of nitrogens with one attached hydrogen (secondary N) is 1. The van der Waals surface area contributed by atoms with E-state index < -0.39 is 0 Å². The van der Waals surface area contributed by atoms with Crippen molar-refractivity contribution >= 4 is 27.8 Å². The molecule has 0 amide bonds. The second-order valence-corrected chi connectivity index (χ2v) is 4.22. The highest BCUT2D eigenvalue weighted by Crippen LogP contribution is 2.26. The molecular weight excluding hydrogens is 218 g/mol. The second-order valence-electron chi connectivity index (χ2n) is 3.33. The topological polar surface area (TPSA) is 50.9 Å². The van der Waals surface area contributed by atoms with Gasteiger partial charge in [-0.2, -0.15) is 0 Å². The number of hydrogen-bond donors (Lipinski definition) is 2. The molecule has 0 fully saturated rings. The van der Waals surface area contributed by atoms with Crippen LogP contribution in [-0.2, 0) is 6.42 Å². The zero-order valence-corrected chi connectivity index (χ0v) is 9.63. The van der Waals surface area contributed by atoms with Gasteiger partial charge in [0.15, 0.2) is 5.13 Å². The van der Waals surface area contributed by atoms with Crippen molar-refractivity contribution in [3.63, 3.8) is 0 Å². The van der Waals surface area contributed by atoms with Gasteiger partial charge in [0.05, 0.1) is 0 Å². The number of aromatic nitrogens is 1. The van der Waals surface area contributed by atoms with Crippen molar-refractivity contribution in [2.24, 2.45) is 0 Å². The molecule has 1 aromatic heterocycles. The molecule has 0 radical (unpaired) electrons. The average molecular weight is 231 g/mol. The van der Waals surface area contributed by atoms with Gasteiger partial charge in [0, 0.05) is 28.5 Å². The second kappa shape index (κ2) is 4.81. The summed E-state index contributed by atoms with van der Waals surface area (Å²) in [6.45, 7) is 3.74. The Hall–Kier alpha value is -1.81. The van der Waals surface area contributed by atoms with Crippen LogP contribution in [0.2, 0.25) is 0 Å². The number of nitrogens with zero attached hydrogens (tertiary/aromatic N) is 1. The maximum absolute atomic E-state index is 5.93. The lowest BCUT2D eigenvalue weighted by Gasteiger charge is -2.11. The van der Waals surface area contributed by atoms with Crippen LogP contribution in [0.5, 0.6) is 0 Å². The minimum absolute atomic E-state index is 0.750. The Labute approximate surface area is 98.6 Å². The maximum atomic E-state index is 5.93. The number of nitrogens with two attached hydrogens (primary N) is 1. The fourth-order valence-corrected chi connectivity index (χ4v) is 2.04. The highest BCUT2D eigenvalue weighted by molar-refractivity contribution is 7.13. The molecule has 0 spiro atoms. The molecule has 3 N–H and O–H groups in total. The van der Waals surface area contributed by atoms with Crippen LogP contribution in [0, 0.1) is 0 Å². The van der Waals surface area contributed by atoms with E-state index in [0.717, 1.165) is 28.5 Å². The molecular formula is C12H13N3S. The fourth-order valence-electron chi connectivity index (χ4n) is 1.49. The van der Waals surface area contributed by atoms with Crippen LogP contribution in [0.4, 0.5) is 16.5 Å². The van der Waals surface area contributed by atoms with Crippen molar-refractivity contribution in [3.05, 3.63) is 48.0 Å². The number of nitrogen functional groups attached to an aromatic ring is 1. The van der Waals surface area contributed by atoms with Crippen molar-refractivity contribution in [1.29, 1.82) is 0 Å². The van der Waals surface area contributed by atoms with Crippen molar-refractivity contribution in [3.8, 4) is 0 Å². The highest BCUT2D eigenvalue weighted by atomic mass is 32.1. The quantitative estimate of drug-likeness (QED) is 0.627. The number of rotatable bonds is 4. The van der Waals surface area contributed by atoms with E-state index in [0.29, 0.717) is 0 Å². The third kappa shape index (κ3) is 2.23. The van der Waals surface area contributed by atoms with E-state index in [4.69, 9.17) is 5.73 Å². The number of allylic oxidation sites excluding steroid dienone is 1. The van der Waals surface area contributed by atoms with Crippen molar-refractivity contribution in [2.45, 2.75) is 6.42 Å². The number of hydrogen-bond acceptors (Lipinski definition) is 4. The summed E-state index contributed by atoms with van der Waals surface area (Å²) in [4.78, 5) is 4.18. The first-order chi connectivity index (χ1) is 7.81. The van der Waals surface area contributed by atoms with Gasteiger partial charge in [-0.3, -0.25) is 0 Å². The molecule has 3 nitrogen and oxygen atoms in total. The third-order valence-corrected chi connectivity index (χ3v) is 2.92. The molecule has 0 saturated carbocycles. The molecule has 1 aromatic carbocycles. The molecule has 82 valence electrons. The molecule has 0 aliphatic carbocycles. The predicted octanol–water partition coefficient (Wildman–Crippen LogP) is 3.20. The monoisotopic (exact) mass is 231 g/mol. The summed E-state index contributed by atoms with van der Waals surface area (Å²) < 4.78 is 0. The van der Waals surface area contributed by atoms with Crippen LogP contribution in [0.15, 0.2) is 42.4 Å². The van der Waals surface area contributed by atoms with Gasteiger partial charge in [-0.1, -0.05) is 12.1 Å². The van der Waals surface area contributed by atoms with Gasteiger partial charge in [-0.05, 0) is 18.6 Å². The lowest BCUT2D eigenvalue weighted by Crippen LogP contribution is -1.99. The summed E-state index contributed by atoms with van der Waals surface area (Å²) in [5.74, 6) is 0.